The van der Waals surface area contributed by atoms with Gasteiger partial charge in [0.2, 0.25) is 0 Å². The normalized spacial score (nSPS) is 34.6. The molecule has 1 heterocycles. The number of rotatable bonds is 0. The molecule has 2 nitrogen and oxygen atoms in total. The minimum absolute atomic E-state index is 0.0260. The molecule has 66 valence electrons. The molecule has 1 saturated heterocycles. The fourth-order valence-corrected chi connectivity index (χ4v) is 1.29. The van der Waals surface area contributed by atoms with Crippen molar-refractivity contribution in [1.29, 1.82) is 0 Å². The monoisotopic (exact) mass is 161 g/mol. The summed E-state index contributed by atoms with van der Waals surface area (Å²) in [6, 6.07) is 0. The molecule has 0 unspecified atom stereocenters. The highest BCUT2D eigenvalue weighted by Crippen LogP contribution is 2.22. The molecule has 0 aromatic heterocycles. The molecule has 0 spiro atoms. The van der Waals surface area contributed by atoms with E-state index >= 15 is 0 Å². The van der Waals surface area contributed by atoms with E-state index in [4.69, 9.17) is 5.11 Å². The Morgan fingerprint density at radius 1 is 1.36 bits per heavy atom. The van der Waals surface area contributed by atoms with Crippen LogP contribution < -0.4 is 0 Å². The summed E-state index contributed by atoms with van der Waals surface area (Å²) in [4.78, 5) is 1.96. The SMILES string of the molecule is CC(C)(C)N1C[C@H](O)[C@@H](F)C1. The number of aliphatic hydroxyl groups excluding tert-OH is 1. The number of hydrogen-bond acceptors (Lipinski definition) is 2. The summed E-state index contributed by atoms with van der Waals surface area (Å²) in [6.07, 6.45) is -1.84. The largest absolute Gasteiger partial charge is 0.389 e. The summed E-state index contributed by atoms with van der Waals surface area (Å²) >= 11 is 0. The minimum Gasteiger partial charge on any atom is -0.389 e. The molecule has 3 heteroatoms. The quantitative estimate of drug-likeness (QED) is 0.568. The van der Waals surface area contributed by atoms with Gasteiger partial charge in [0, 0.05) is 18.6 Å². The van der Waals surface area contributed by atoms with Crippen molar-refractivity contribution in [3.05, 3.63) is 0 Å². The summed E-state index contributed by atoms with van der Waals surface area (Å²) in [5.74, 6) is 0. The first kappa shape index (κ1) is 8.94. The second-order valence-corrected chi connectivity index (χ2v) is 4.16. The van der Waals surface area contributed by atoms with E-state index in [-0.39, 0.29) is 5.54 Å². The number of β-amino-alcohol motifs (C(OH)–C–C–N with tert-alkyl or cyclic N) is 1. The second-order valence-electron chi connectivity index (χ2n) is 4.16. The summed E-state index contributed by atoms with van der Waals surface area (Å²) in [6.45, 7) is 6.91. The molecule has 1 aliphatic rings. The van der Waals surface area contributed by atoms with E-state index in [9.17, 15) is 4.39 Å². The van der Waals surface area contributed by atoms with Gasteiger partial charge >= 0.3 is 0 Å². The maximum atomic E-state index is 12.8. The van der Waals surface area contributed by atoms with E-state index in [1.165, 1.54) is 0 Å². The Balaban J connectivity index is 2.54. The smallest absolute Gasteiger partial charge is 0.140 e. The number of hydrogen-bond donors (Lipinski definition) is 1. The lowest BCUT2D eigenvalue weighted by Crippen LogP contribution is -2.40. The van der Waals surface area contributed by atoms with Crippen LogP contribution in [-0.4, -0.2) is 40.9 Å². The van der Waals surface area contributed by atoms with Gasteiger partial charge in [0.1, 0.15) is 6.17 Å². The van der Waals surface area contributed by atoms with Crippen LogP contribution in [0.15, 0.2) is 0 Å². The first-order chi connectivity index (χ1) is 4.91. The molecule has 2 atom stereocenters. The first-order valence-electron chi connectivity index (χ1n) is 3.98. The van der Waals surface area contributed by atoms with Crippen molar-refractivity contribution in [2.45, 2.75) is 38.6 Å². The zero-order chi connectivity index (χ0) is 8.65. The fourth-order valence-electron chi connectivity index (χ4n) is 1.29. The Bertz CT molecular complexity index is 134. The van der Waals surface area contributed by atoms with Crippen molar-refractivity contribution in [2.24, 2.45) is 0 Å². The van der Waals surface area contributed by atoms with E-state index in [2.05, 4.69) is 0 Å². The van der Waals surface area contributed by atoms with Crippen molar-refractivity contribution in [2.75, 3.05) is 13.1 Å². The van der Waals surface area contributed by atoms with Gasteiger partial charge in [0.15, 0.2) is 0 Å². The van der Waals surface area contributed by atoms with Crippen LogP contribution in [0, 0.1) is 0 Å². The Labute approximate surface area is 67.0 Å². The number of nitrogens with zero attached hydrogens (tertiary/aromatic N) is 1. The van der Waals surface area contributed by atoms with Gasteiger partial charge in [-0.1, -0.05) is 0 Å². The Kier molecular flexibility index (Phi) is 2.21. The fraction of sp³-hybridized carbons (Fsp3) is 1.00. The predicted octanol–water partition coefficient (Wildman–Crippen LogP) is 0.800. The third-order valence-electron chi connectivity index (χ3n) is 2.17. The molecule has 1 aliphatic heterocycles. The van der Waals surface area contributed by atoms with Crippen LogP contribution in [0.25, 0.3) is 0 Å². The third-order valence-corrected chi connectivity index (χ3v) is 2.17. The van der Waals surface area contributed by atoms with Crippen LogP contribution in [0.1, 0.15) is 20.8 Å². The van der Waals surface area contributed by atoms with Gasteiger partial charge in [-0.15, -0.1) is 0 Å². The third kappa shape index (κ3) is 1.91. The highest BCUT2D eigenvalue weighted by atomic mass is 19.1. The maximum Gasteiger partial charge on any atom is 0.140 e. The lowest BCUT2D eigenvalue weighted by atomic mass is 10.1. The van der Waals surface area contributed by atoms with Gasteiger partial charge in [0.05, 0.1) is 6.10 Å². The molecule has 1 fully saturated rings. The molecule has 0 amide bonds. The molecule has 0 aromatic rings. The summed E-state index contributed by atoms with van der Waals surface area (Å²) in [7, 11) is 0. The highest BCUT2D eigenvalue weighted by molar-refractivity contribution is 4.90. The topological polar surface area (TPSA) is 23.5 Å². The lowest BCUT2D eigenvalue weighted by molar-refractivity contribution is 0.109. The van der Waals surface area contributed by atoms with Gasteiger partial charge in [-0.25, -0.2) is 4.39 Å². The van der Waals surface area contributed by atoms with Gasteiger partial charge in [-0.3, -0.25) is 4.90 Å². The lowest BCUT2D eigenvalue weighted by Gasteiger charge is -2.30. The Morgan fingerprint density at radius 2 is 1.91 bits per heavy atom. The van der Waals surface area contributed by atoms with E-state index in [0.717, 1.165) is 0 Å². The average Bonchev–Trinajstić information content (AvgIpc) is 2.11. The van der Waals surface area contributed by atoms with Gasteiger partial charge in [0.25, 0.3) is 0 Å². The van der Waals surface area contributed by atoms with Gasteiger partial charge < -0.3 is 5.11 Å². The number of likely N-dealkylation sites (tertiary alicyclic amines) is 1. The number of halogens is 1. The summed E-state index contributed by atoms with van der Waals surface area (Å²) in [5.41, 5.74) is -0.0260. The minimum atomic E-state index is -1.06. The van der Waals surface area contributed by atoms with Gasteiger partial charge in [-0.2, -0.15) is 0 Å². The molecule has 0 aromatic carbocycles. The summed E-state index contributed by atoms with van der Waals surface area (Å²) in [5, 5.41) is 9.11. The van der Waals surface area contributed by atoms with E-state index < -0.39 is 12.3 Å². The van der Waals surface area contributed by atoms with Crippen molar-refractivity contribution in [3.63, 3.8) is 0 Å². The second kappa shape index (κ2) is 2.72. The van der Waals surface area contributed by atoms with E-state index in [1.54, 1.807) is 0 Å². The molecular formula is C8H16FNO. The predicted molar refractivity (Wildman–Crippen MR) is 42.2 cm³/mol. The number of aliphatic hydroxyl groups is 1. The zero-order valence-electron chi connectivity index (χ0n) is 7.34. The van der Waals surface area contributed by atoms with Crippen LogP contribution in [0.2, 0.25) is 0 Å². The average molecular weight is 161 g/mol. The van der Waals surface area contributed by atoms with Crippen LogP contribution in [0.3, 0.4) is 0 Å². The maximum absolute atomic E-state index is 12.8. The van der Waals surface area contributed by atoms with Gasteiger partial charge in [-0.05, 0) is 20.8 Å². The van der Waals surface area contributed by atoms with Crippen molar-refractivity contribution in [1.82, 2.24) is 4.90 Å². The van der Waals surface area contributed by atoms with Crippen LogP contribution in [-0.2, 0) is 0 Å². The van der Waals surface area contributed by atoms with Crippen molar-refractivity contribution in [3.8, 4) is 0 Å². The van der Waals surface area contributed by atoms with Crippen LogP contribution in [0.5, 0.6) is 0 Å². The molecule has 11 heavy (non-hydrogen) atoms. The van der Waals surface area contributed by atoms with E-state index in [0.29, 0.717) is 13.1 Å². The molecule has 0 saturated carbocycles. The zero-order valence-corrected chi connectivity index (χ0v) is 7.34. The summed E-state index contributed by atoms with van der Waals surface area (Å²) < 4.78 is 12.8. The first-order valence-corrected chi connectivity index (χ1v) is 3.98. The number of alkyl halides is 1. The van der Waals surface area contributed by atoms with Crippen molar-refractivity contribution < 1.29 is 9.50 Å². The van der Waals surface area contributed by atoms with Crippen LogP contribution in [0.4, 0.5) is 4.39 Å². The van der Waals surface area contributed by atoms with Crippen molar-refractivity contribution >= 4 is 0 Å². The molecule has 0 radical (unpaired) electrons. The van der Waals surface area contributed by atoms with E-state index in [1.807, 2.05) is 25.7 Å². The molecule has 1 N–H and O–H groups in total. The molecule has 0 bridgehead atoms. The molecule has 0 aliphatic carbocycles. The standard InChI is InChI=1S/C8H16FNO/c1-8(2,3)10-4-6(9)7(11)5-10/h6-7,11H,4-5H2,1-3H3/t6-,7-/m0/s1. The Morgan fingerprint density at radius 3 is 2.09 bits per heavy atom. The molecule has 1 rings (SSSR count). The van der Waals surface area contributed by atoms with Crippen LogP contribution >= 0.6 is 0 Å². The highest BCUT2D eigenvalue weighted by Gasteiger charge is 2.36. The molecular weight excluding hydrogens is 145 g/mol. The Hall–Kier alpha value is -0.150.